The SMILES string of the molecule is C=CC[C@H]1C=CC(=O)[C@]2(CCC[C@@H]2[C@@H](C)CO[Si](c2ccccc2)(c2ccccc2)C(C)(C)C)O1. The molecule has 1 saturated carbocycles. The molecule has 1 aliphatic heterocycles. The zero-order chi connectivity index (χ0) is 25.1. The summed E-state index contributed by atoms with van der Waals surface area (Å²) in [5, 5.41) is 2.49. The second-order valence-electron chi connectivity index (χ2n) is 11.2. The van der Waals surface area contributed by atoms with Crippen molar-refractivity contribution in [2.45, 2.75) is 70.1 Å². The van der Waals surface area contributed by atoms with Gasteiger partial charge in [0.25, 0.3) is 8.32 Å². The van der Waals surface area contributed by atoms with Crippen molar-refractivity contribution in [3.8, 4) is 0 Å². The van der Waals surface area contributed by atoms with E-state index in [1.54, 1.807) is 6.08 Å². The fraction of sp³-hybridized carbons (Fsp3) is 0.452. The van der Waals surface area contributed by atoms with E-state index in [-0.39, 0.29) is 28.8 Å². The van der Waals surface area contributed by atoms with Crippen molar-refractivity contribution in [2.75, 3.05) is 6.61 Å². The quantitative estimate of drug-likeness (QED) is 0.346. The first kappa shape index (κ1) is 25.8. The predicted molar refractivity (Wildman–Crippen MR) is 147 cm³/mol. The first-order chi connectivity index (χ1) is 16.7. The summed E-state index contributed by atoms with van der Waals surface area (Å²) in [5.74, 6) is 0.460. The summed E-state index contributed by atoms with van der Waals surface area (Å²) in [5.41, 5.74) is -0.726. The van der Waals surface area contributed by atoms with E-state index in [9.17, 15) is 4.79 Å². The summed E-state index contributed by atoms with van der Waals surface area (Å²) in [6, 6.07) is 21.5. The van der Waals surface area contributed by atoms with Crippen molar-refractivity contribution in [2.24, 2.45) is 11.8 Å². The monoisotopic (exact) mass is 488 g/mol. The Balaban J connectivity index is 1.66. The molecule has 0 saturated heterocycles. The van der Waals surface area contributed by atoms with Crippen molar-refractivity contribution in [3.05, 3.63) is 85.5 Å². The molecule has 0 amide bonds. The van der Waals surface area contributed by atoms with Crippen LogP contribution in [0.15, 0.2) is 85.5 Å². The van der Waals surface area contributed by atoms with Gasteiger partial charge in [-0.1, -0.05) is 101 Å². The normalized spacial score (nSPS) is 25.7. The first-order valence-corrected chi connectivity index (χ1v) is 14.9. The third kappa shape index (κ3) is 4.76. The van der Waals surface area contributed by atoms with Crippen LogP contribution in [0.4, 0.5) is 0 Å². The first-order valence-electron chi connectivity index (χ1n) is 13.0. The molecule has 35 heavy (non-hydrogen) atoms. The number of ketones is 1. The van der Waals surface area contributed by atoms with Gasteiger partial charge in [0.2, 0.25) is 0 Å². The second kappa shape index (κ2) is 10.4. The highest BCUT2D eigenvalue weighted by Gasteiger charge is 2.55. The lowest BCUT2D eigenvalue weighted by Gasteiger charge is -2.45. The Kier molecular flexibility index (Phi) is 7.65. The van der Waals surface area contributed by atoms with Gasteiger partial charge in [0, 0.05) is 12.5 Å². The van der Waals surface area contributed by atoms with E-state index < -0.39 is 13.9 Å². The van der Waals surface area contributed by atoms with Crippen LogP contribution in [-0.4, -0.2) is 32.4 Å². The fourth-order valence-electron chi connectivity index (χ4n) is 6.33. The van der Waals surface area contributed by atoms with Crippen molar-refractivity contribution < 1.29 is 14.0 Å². The van der Waals surface area contributed by atoms with Gasteiger partial charge in [-0.05, 0) is 53.1 Å². The fourth-order valence-corrected chi connectivity index (χ4v) is 11.0. The van der Waals surface area contributed by atoms with E-state index in [0.29, 0.717) is 6.61 Å². The lowest BCUT2D eigenvalue weighted by Crippen LogP contribution is -2.67. The van der Waals surface area contributed by atoms with Gasteiger partial charge in [0.1, 0.15) is 5.60 Å². The van der Waals surface area contributed by atoms with Crippen LogP contribution >= 0.6 is 0 Å². The lowest BCUT2D eigenvalue weighted by molar-refractivity contribution is -0.158. The van der Waals surface area contributed by atoms with Gasteiger partial charge in [0.15, 0.2) is 5.78 Å². The number of hydrogen-bond acceptors (Lipinski definition) is 3. The van der Waals surface area contributed by atoms with E-state index in [4.69, 9.17) is 9.16 Å². The topological polar surface area (TPSA) is 35.5 Å². The number of carbonyl (C=O) groups is 1. The van der Waals surface area contributed by atoms with E-state index in [1.165, 1.54) is 10.4 Å². The van der Waals surface area contributed by atoms with Crippen molar-refractivity contribution in [3.63, 3.8) is 0 Å². The Morgan fingerprint density at radius 1 is 1.11 bits per heavy atom. The van der Waals surface area contributed by atoms with Gasteiger partial charge >= 0.3 is 0 Å². The Labute approximate surface area is 212 Å². The second-order valence-corrected chi connectivity index (χ2v) is 15.5. The van der Waals surface area contributed by atoms with Crippen LogP contribution in [0.25, 0.3) is 0 Å². The Hall–Kier alpha value is -2.27. The van der Waals surface area contributed by atoms with Gasteiger partial charge in [-0.2, -0.15) is 0 Å². The maximum absolute atomic E-state index is 13.2. The number of benzene rings is 2. The summed E-state index contributed by atoms with van der Waals surface area (Å²) in [6.07, 6.45) is 8.97. The highest BCUT2D eigenvalue weighted by atomic mass is 28.4. The largest absolute Gasteiger partial charge is 0.407 e. The lowest BCUT2D eigenvalue weighted by atomic mass is 9.77. The number of hydrogen-bond donors (Lipinski definition) is 0. The highest BCUT2D eigenvalue weighted by Crippen LogP contribution is 2.47. The standard InChI is InChI=1S/C31H40O3Si/c1-6-14-25-20-21-29(32)31(34-25)22-13-19-28(31)24(2)23-33-35(30(3,4)5,26-15-9-7-10-16-26)27-17-11-8-12-18-27/h6-12,15-18,20-21,24-25,28H,1,13-14,19,22-23H2,2-5H3/t24-,25-,28+,31+/m0/s1. The molecule has 1 heterocycles. The number of ether oxygens (including phenoxy) is 1. The maximum Gasteiger partial charge on any atom is 0.261 e. The molecule has 0 aromatic heterocycles. The molecular weight excluding hydrogens is 448 g/mol. The zero-order valence-corrected chi connectivity index (χ0v) is 22.7. The minimum Gasteiger partial charge on any atom is -0.407 e. The van der Waals surface area contributed by atoms with Gasteiger partial charge in [-0.25, -0.2) is 0 Å². The molecule has 2 aliphatic rings. The van der Waals surface area contributed by atoms with E-state index in [0.717, 1.165) is 25.7 Å². The van der Waals surface area contributed by atoms with E-state index in [1.807, 2.05) is 12.2 Å². The maximum atomic E-state index is 13.2. The molecule has 0 radical (unpaired) electrons. The molecule has 0 bridgehead atoms. The summed E-state index contributed by atoms with van der Waals surface area (Å²) in [6.45, 7) is 13.6. The van der Waals surface area contributed by atoms with Crippen molar-refractivity contribution >= 4 is 24.5 Å². The third-order valence-electron chi connectivity index (χ3n) is 7.97. The van der Waals surface area contributed by atoms with E-state index in [2.05, 4.69) is 94.9 Å². The number of rotatable bonds is 8. The van der Waals surface area contributed by atoms with Gasteiger partial charge in [-0.15, -0.1) is 6.58 Å². The van der Waals surface area contributed by atoms with Crippen LogP contribution < -0.4 is 10.4 Å². The minimum absolute atomic E-state index is 0.0717. The summed E-state index contributed by atoms with van der Waals surface area (Å²) >= 11 is 0. The highest BCUT2D eigenvalue weighted by molar-refractivity contribution is 6.99. The molecule has 1 spiro atoms. The van der Waals surface area contributed by atoms with Crippen molar-refractivity contribution in [1.82, 2.24) is 0 Å². The Morgan fingerprint density at radius 2 is 1.71 bits per heavy atom. The minimum atomic E-state index is -2.62. The number of carbonyl (C=O) groups excluding carboxylic acids is 1. The molecule has 1 fully saturated rings. The molecule has 186 valence electrons. The molecule has 4 rings (SSSR count). The Morgan fingerprint density at radius 3 is 2.26 bits per heavy atom. The van der Waals surface area contributed by atoms with E-state index >= 15 is 0 Å². The van der Waals surface area contributed by atoms with Crippen molar-refractivity contribution in [1.29, 1.82) is 0 Å². The predicted octanol–water partition coefficient (Wildman–Crippen LogP) is 5.84. The van der Waals surface area contributed by atoms with Crippen LogP contribution in [0.1, 0.15) is 53.4 Å². The smallest absolute Gasteiger partial charge is 0.261 e. The van der Waals surface area contributed by atoms with Crippen LogP contribution in [0, 0.1) is 11.8 Å². The third-order valence-corrected chi connectivity index (χ3v) is 13.0. The molecule has 3 nitrogen and oxygen atoms in total. The Bertz CT molecular complexity index is 1000. The van der Waals surface area contributed by atoms with Crippen LogP contribution in [0.3, 0.4) is 0 Å². The van der Waals surface area contributed by atoms with Gasteiger partial charge < -0.3 is 9.16 Å². The van der Waals surface area contributed by atoms with Gasteiger partial charge in [-0.3, -0.25) is 4.79 Å². The molecular formula is C31H40O3Si. The molecule has 1 aliphatic carbocycles. The van der Waals surface area contributed by atoms with Crippen LogP contribution in [0.2, 0.25) is 5.04 Å². The molecule has 2 aromatic carbocycles. The van der Waals surface area contributed by atoms with Crippen LogP contribution in [-0.2, 0) is 14.0 Å². The average molecular weight is 489 g/mol. The van der Waals surface area contributed by atoms with Crippen LogP contribution in [0.5, 0.6) is 0 Å². The average Bonchev–Trinajstić information content (AvgIpc) is 3.26. The molecule has 4 heteroatoms. The molecule has 2 aromatic rings. The summed E-state index contributed by atoms with van der Waals surface area (Å²) < 4.78 is 13.8. The molecule has 4 atom stereocenters. The van der Waals surface area contributed by atoms with Gasteiger partial charge in [0.05, 0.1) is 6.10 Å². The summed E-state index contributed by atoms with van der Waals surface area (Å²) in [4.78, 5) is 13.2. The summed E-state index contributed by atoms with van der Waals surface area (Å²) in [7, 11) is -2.62. The molecule has 0 unspecified atom stereocenters. The molecule has 0 N–H and O–H groups in total. The zero-order valence-electron chi connectivity index (χ0n) is 21.7.